The van der Waals surface area contributed by atoms with E-state index < -0.39 is 0 Å². The van der Waals surface area contributed by atoms with Crippen LogP contribution in [0.15, 0.2) is 66.8 Å². The fraction of sp³-hybridized carbons (Fsp3) is 0.368. The van der Waals surface area contributed by atoms with Gasteiger partial charge in [-0.2, -0.15) is 0 Å². The van der Waals surface area contributed by atoms with Crippen LogP contribution in [0.3, 0.4) is 0 Å². The fourth-order valence-corrected chi connectivity index (χ4v) is 2.67. The van der Waals surface area contributed by atoms with Gasteiger partial charge in [0.25, 0.3) is 0 Å². The Kier molecular flexibility index (Phi) is 5.97. The number of hydrogen-bond acceptors (Lipinski definition) is 2. The van der Waals surface area contributed by atoms with Gasteiger partial charge in [0.15, 0.2) is 0 Å². The van der Waals surface area contributed by atoms with E-state index in [4.69, 9.17) is 0 Å². The van der Waals surface area contributed by atoms with Gasteiger partial charge >= 0.3 is 0 Å². The number of aliphatic hydroxyl groups excluding tert-OH is 1. The molecule has 2 N–H and O–H groups in total. The highest BCUT2D eigenvalue weighted by atomic mass is 16.3. The van der Waals surface area contributed by atoms with E-state index in [1.165, 1.54) is 12.0 Å². The minimum absolute atomic E-state index is 0.380. The van der Waals surface area contributed by atoms with Crippen molar-refractivity contribution in [1.29, 1.82) is 0 Å². The van der Waals surface area contributed by atoms with Crippen molar-refractivity contribution in [2.75, 3.05) is 6.54 Å². The van der Waals surface area contributed by atoms with Crippen LogP contribution in [0.2, 0.25) is 0 Å². The molecular weight excluding hydrogens is 258 g/mol. The van der Waals surface area contributed by atoms with Crippen molar-refractivity contribution in [2.24, 2.45) is 5.92 Å². The SMILES string of the molecule is C=C/C=C(\C=C/C)C1CC1NCCC(O)c1ccccc1. The molecule has 0 saturated heterocycles. The van der Waals surface area contributed by atoms with Crippen molar-refractivity contribution in [2.45, 2.75) is 31.9 Å². The van der Waals surface area contributed by atoms with Gasteiger partial charge in [0.05, 0.1) is 6.10 Å². The molecule has 1 aliphatic carbocycles. The second-order valence-corrected chi connectivity index (χ2v) is 5.52. The summed E-state index contributed by atoms with van der Waals surface area (Å²) in [5, 5.41) is 13.7. The van der Waals surface area contributed by atoms with Gasteiger partial charge in [0.1, 0.15) is 0 Å². The summed E-state index contributed by atoms with van der Waals surface area (Å²) in [4.78, 5) is 0. The molecule has 0 spiro atoms. The minimum Gasteiger partial charge on any atom is -0.388 e. The zero-order chi connectivity index (χ0) is 15.1. The lowest BCUT2D eigenvalue weighted by atomic mass is 10.1. The summed E-state index contributed by atoms with van der Waals surface area (Å²) in [6.07, 6.45) is 9.71. The van der Waals surface area contributed by atoms with E-state index >= 15 is 0 Å². The van der Waals surface area contributed by atoms with E-state index in [0.29, 0.717) is 12.0 Å². The Balaban J connectivity index is 1.73. The Bertz CT molecular complexity index is 504. The van der Waals surface area contributed by atoms with E-state index in [2.05, 4.69) is 30.1 Å². The zero-order valence-electron chi connectivity index (χ0n) is 12.7. The molecule has 1 saturated carbocycles. The predicted octanol–water partition coefficient (Wildman–Crippen LogP) is 3.78. The standard InChI is InChI=1S/C19H25NO/c1-3-8-15(9-4-2)17-14-18(17)20-13-12-19(21)16-10-6-5-7-11-16/h3-11,17-21H,1,12-14H2,2H3/b9-4-,15-8+. The van der Waals surface area contributed by atoms with Crippen LogP contribution in [0.4, 0.5) is 0 Å². The van der Waals surface area contributed by atoms with Gasteiger partial charge in [-0.1, -0.05) is 61.2 Å². The van der Waals surface area contributed by atoms with Gasteiger partial charge in [-0.15, -0.1) is 0 Å². The van der Waals surface area contributed by atoms with Crippen LogP contribution in [0, 0.1) is 5.92 Å². The van der Waals surface area contributed by atoms with Gasteiger partial charge < -0.3 is 10.4 Å². The Labute approximate surface area is 127 Å². The summed E-state index contributed by atoms with van der Waals surface area (Å²) >= 11 is 0. The lowest BCUT2D eigenvalue weighted by Crippen LogP contribution is -2.21. The van der Waals surface area contributed by atoms with Crippen LogP contribution < -0.4 is 5.32 Å². The first-order valence-corrected chi connectivity index (χ1v) is 7.68. The van der Waals surface area contributed by atoms with Gasteiger partial charge in [-0.3, -0.25) is 0 Å². The summed E-state index contributed by atoms with van der Waals surface area (Å²) in [5.41, 5.74) is 2.33. The topological polar surface area (TPSA) is 32.3 Å². The molecule has 0 heterocycles. The van der Waals surface area contributed by atoms with Crippen LogP contribution >= 0.6 is 0 Å². The number of aliphatic hydroxyl groups is 1. The average molecular weight is 283 g/mol. The van der Waals surface area contributed by atoms with Crippen molar-refractivity contribution in [3.8, 4) is 0 Å². The Morgan fingerprint density at radius 2 is 2.19 bits per heavy atom. The monoisotopic (exact) mass is 283 g/mol. The van der Waals surface area contributed by atoms with Crippen LogP contribution in [0.1, 0.15) is 31.4 Å². The van der Waals surface area contributed by atoms with E-state index in [9.17, 15) is 5.11 Å². The van der Waals surface area contributed by atoms with Crippen molar-refractivity contribution < 1.29 is 5.11 Å². The molecule has 2 rings (SSSR count). The Hall–Kier alpha value is -1.64. The number of hydrogen-bond donors (Lipinski definition) is 2. The Morgan fingerprint density at radius 3 is 2.86 bits per heavy atom. The maximum Gasteiger partial charge on any atom is 0.0802 e. The molecule has 21 heavy (non-hydrogen) atoms. The average Bonchev–Trinajstić information content (AvgIpc) is 3.27. The first kappa shape index (κ1) is 15.7. The summed E-state index contributed by atoms with van der Waals surface area (Å²) in [5.74, 6) is 0.591. The number of benzene rings is 1. The van der Waals surface area contributed by atoms with E-state index in [0.717, 1.165) is 18.5 Å². The zero-order valence-corrected chi connectivity index (χ0v) is 12.7. The highest BCUT2D eigenvalue weighted by molar-refractivity contribution is 5.31. The first-order valence-electron chi connectivity index (χ1n) is 7.68. The molecule has 0 bridgehead atoms. The molecular formula is C19H25NO. The Morgan fingerprint density at radius 1 is 1.43 bits per heavy atom. The van der Waals surface area contributed by atoms with Crippen molar-refractivity contribution in [1.82, 2.24) is 5.32 Å². The largest absolute Gasteiger partial charge is 0.388 e. The van der Waals surface area contributed by atoms with Crippen molar-refractivity contribution >= 4 is 0 Å². The van der Waals surface area contributed by atoms with E-state index in [1.807, 2.05) is 43.3 Å². The first-order chi connectivity index (χ1) is 10.3. The molecule has 2 heteroatoms. The summed E-state index contributed by atoms with van der Waals surface area (Å²) in [7, 11) is 0. The predicted molar refractivity (Wildman–Crippen MR) is 89.0 cm³/mol. The van der Waals surface area contributed by atoms with Crippen LogP contribution in [0.5, 0.6) is 0 Å². The van der Waals surface area contributed by atoms with E-state index in [-0.39, 0.29) is 6.10 Å². The molecule has 0 amide bonds. The maximum absolute atomic E-state index is 10.1. The van der Waals surface area contributed by atoms with Crippen LogP contribution in [-0.2, 0) is 0 Å². The third kappa shape index (κ3) is 4.69. The molecule has 0 radical (unpaired) electrons. The molecule has 1 aromatic rings. The van der Waals surface area contributed by atoms with Crippen LogP contribution in [-0.4, -0.2) is 17.7 Å². The minimum atomic E-state index is -0.380. The van der Waals surface area contributed by atoms with Gasteiger partial charge in [0, 0.05) is 12.0 Å². The van der Waals surface area contributed by atoms with Gasteiger partial charge in [0.2, 0.25) is 0 Å². The molecule has 1 fully saturated rings. The highest BCUT2D eigenvalue weighted by Gasteiger charge is 2.38. The molecule has 3 atom stereocenters. The maximum atomic E-state index is 10.1. The summed E-state index contributed by atoms with van der Waals surface area (Å²) in [6, 6.07) is 10.4. The van der Waals surface area contributed by atoms with Crippen molar-refractivity contribution in [3.05, 3.63) is 72.4 Å². The second-order valence-electron chi connectivity index (χ2n) is 5.52. The third-order valence-corrected chi connectivity index (χ3v) is 3.90. The molecule has 2 nitrogen and oxygen atoms in total. The summed E-state index contributed by atoms with van der Waals surface area (Å²) in [6.45, 7) is 6.65. The smallest absolute Gasteiger partial charge is 0.0802 e. The molecule has 0 aliphatic heterocycles. The highest BCUT2D eigenvalue weighted by Crippen LogP contribution is 2.38. The van der Waals surface area contributed by atoms with Gasteiger partial charge in [-0.05, 0) is 37.4 Å². The third-order valence-electron chi connectivity index (χ3n) is 3.90. The quantitative estimate of drug-likeness (QED) is 0.712. The second kappa shape index (κ2) is 7.96. The fourth-order valence-electron chi connectivity index (χ4n) is 2.67. The lowest BCUT2D eigenvalue weighted by Gasteiger charge is -2.11. The number of allylic oxidation sites excluding steroid dienone is 4. The molecule has 1 aliphatic rings. The van der Waals surface area contributed by atoms with Crippen LogP contribution in [0.25, 0.3) is 0 Å². The molecule has 112 valence electrons. The molecule has 0 aromatic heterocycles. The summed E-state index contributed by atoms with van der Waals surface area (Å²) < 4.78 is 0. The molecule has 1 aromatic carbocycles. The molecule has 3 unspecified atom stereocenters. The number of rotatable bonds is 8. The van der Waals surface area contributed by atoms with E-state index in [1.54, 1.807) is 0 Å². The lowest BCUT2D eigenvalue weighted by molar-refractivity contribution is 0.166. The number of nitrogens with one attached hydrogen (secondary N) is 1. The normalized spacial score (nSPS) is 23.2. The van der Waals surface area contributed by atoms with Crippen molar-refractivity contribution in [3.63, 3.8) is 0 Å². The van der Waals surface area contributed by atoms with Gasteiger partial charge in [-0.25, -0.2) is 0 Å².